The Morgan fingerprint density at radius 2 is 2.06 bits per heavy atom. The van der Waals surface area contributed by atoms with E-state index in [1.807, 2.05) is 0 Å². The van der Waals surface area contributed by atoms with E-state index in [2.05, 4.69) is 21.2 Å². The minimum atomic E-state index is -4.40. The second kappa shape index (κ2) is 5.53. The van der Waals surface area contributed by atoms with Gasteiger partial charge in [-0.2, -0.15) is 13.2 Å². The predicted octanol–water partition coefficient (Wildman–Crippen LogP) is 3.74. The lowest BCUT2D eigenvalue weighted by atomic mass is 10.1. The van der Waals surface area contributed by atoms with Crippen molar-refractivity contribution < 1.29 is 18.0 Å². The summed E-state index contributed by atoms with van der Waals surface area (Å²) in [5.41, 5.74) is -0.431. The Kier molecular flexibility index (Phi) is 4.56. The first kappa shape index (κ1) is 14.0. The molecule has 2 nitrogen and oxygen atoms in total. The highest BCUT2D eigenvalue weighted by Crippen LogP contribution is 2.33. The lowest BCUT2D eigenvalue weighted by Crippen LogP contribution is -2.13. The van der Waals surface area contributed by atoms with Crippen molar-refractivity contribution in [1.29, 1.82) is 0 Å². The maximum absolute atomic E-state index is 12.6. The van der Waals surface area contributed by atoms with Gasteiger partial charge in [0.2, 0.25) is 5.91 Å². The normalized spacial score (nSPS) is 11.4. The van der Waals surface area contributed by atoms with Crippen molar-refractivity contribution >= 4 is 27.5 Å². The van der Waals surface area contributed by atoms with Gasteiger partial charge in [-0.3, -0.25) is 4.79 Å². The zero-order chi connectivity index (χ0) is 13.1. The minimum Gasteiger partial charge on any atom is -0.326 e. The first-order chi connectivity index (χ1) is 7.84. The van der Waals surface area contributed by atoms with Crippen LogP contribution in [0.1, 0.15) is 17.5 Å². The topological polar surface area (TPSA) is 29.1 Å². The van der Waals surface area contributed by atoms with Gasteiger partial charge in [-0.1, -0.05) is 22.0 Å². The van der Waals surface area contributed by atoms with Gasteiger partial charge in [0.05, 0.1) is 5.56 Å². The molecule has 0 radical (unpaired) electrons. The molecule has 6 heteroatoms. The SMILES string of the molecule is Cc1ccc(NC(=O)CCBr)cc1C(F)(F)F. The number of hydrogen-bond donors (Lipinski definition) is 1. The number of alkyl halides is 4. The average Bonchev–Trinajstić information content (AvgIpc) is 2.19. The van der Waals surface area contributed by atoms with Crippen molar-refractivity contribution in [3.63, 3.8) is 0 Å². The fraction of sp³-hybridized carbons (Fsp3) is 0.364. The molecule has 0 aromatic heterocycles. The Labute approximate surface area is 105 Å². The van der Waals surface area contributed by atoms with Crippen LogP contribution in [0.25, 0.3) is 0 Å². The van der Waals surface area contributed by atoms with Crippen molar-refractivity contribution in [2.75, 3.05) is 10.6 Å². The van der Waals surface area contributed by atoms with Gasteiger partial charge in [0, 0.05) is 17.4 Å². The van der Waals surface area contributed by atoms with E-state index < -0.39 is 11.7 Å². The predicted molar refractivity (Wildman–Crippen MR) is 63.2 cm³/mol. The van der Waals surface area contributed by atoms with Crippen LogP contribution >= 0.6 is 15.9 Å². The molecule has 1 aromatic rings. The maximum atomic E-state index is 12.6. The van der Waals surface area contributed by atoms with E-state index in [0.29, 0.717) is 5.33 Å². The van der Waals surface area contributed by atoms with Gasteiger partial charge in [0.15, 0.2) is 0 Å². The molecule has 1 rings (SSSR count). The fourth-order valence-electron chi connectivity index (χ4n) is 1.31. The molecule has 1 amide bonds. The summed E-state index contributed by atoms with van der Waals surface area (Å²) in [5.74, 6) is -0.321. The molecule has 0 aliphatic rings. The second-order valence-electron chi connectivity index (χ2n) is 3.51. The van der Waals surface area contributed by atoms with E-state index in [1.165, 1.54) is 19.1 Å². The van der Waals surface area contributed by atoms with Gasteiger partial charge < -0.3 is 5.32 Å². The van der Waals surface area contributed by atoms with E-state index in [9.17, 15) is 18.0 Å². The summed E-state index contributed by atoms with van der Waals surface area (Å²) in [5, 5.41) is 2.88. The van der Waals surface area contributed by atoms with Gasteiger partial charge >= 0.3 is 6.18 Å². The third kappa shape index (κ3) is 4.03. The van der Waals surface area contributed by atoms with Gasteiger partial charge in [-0.25, -0.2) is 0 Å². The highest BCUT2D eigenvalue weighted by molar-refractivity contribution is 9.09. The van der Waals surface area contributed by atoms with E-state index in [-0.39, 0.29) is 23.6 Å². The molecule has 0 bridgehead atoms. The van der Waals surface area contributed by atoms with Crippen molar-refractivity contribution in [3.05, 3.63) is 29.3 Å². The van der Waals surface area contributed by atoms with Crippen LogP contribution in [-0.2, 0) is 11.0 Å². The number of hydrogen-bond acceptors (Lipinski definition) is 1. The largest absolute Gasteiger partial charge is 0.416 e. The average molecular weight is 310 g/mol. The quantitative estimate of drug-likeness (QED) is 0.847. The third-order valence-corrected chi connectivity index (χ3v) is 2.54. The molecule has 0 aliphatic heterocycles. The van der Waals surface area contributed by atoms with Crippen LogP contribution in [0.2, 0.25) is 0 Å². The molecule has 0 fully saturated rings. The molecule has 0 aliphatic carbocycles. The van der Waals surface area contributed by atoms with Gasteiger partial charge in [0.1, 0.15) is 0 Å². The Morgan fingerprint density at radius 3 is 2.59 bits per heavy atom. The molecule has 0 saturated heterocycles. The number of nitrogens with one attached hydrogen (secondary N) is 1. The van der Waals surface area contributed by atoms with Crippen molar-refractivity contribution in [3.8, 4) is 0 Å². The molecular weight excluding hydrogens is 299 g/mol. The first-order valence-electron chi connectivity index (χ1n) is 4.88. The number of benzene rings is 1. The molecule has 0 unspecified atom stereocenters. The number of amides is 1. The van der Waals surface area contributed by atoms with Crippen LogP contribution in [0, 0.1) is 6.92 Å². The standard InChI is InChI=1S/C11H11BrF3NO/c1-7-2-3-8(16-10(17)4-5-12)6-9(7)11(13,14)15/h2-3,6H,4-5H2,1H3,(H,16,17). The molecule has 0 atom stereocenters. The van der Waals surface area contributed by atoms with E-state index >= 15 is 0 Å². The van der Waals surface area contributed by atoms with Crippen LogP contribution < -0.4 is 5.32 Å². The maximum Gasteiger partial charge on any atom is 0.416 e. The van der Waals surface area contributed by atoms with Crippen LogP contribution in [0.5, 0.6) is 0 Å². The Balaban J connectivity index is 2.93. The van der Waals surface area contributed by atoms with Crippen molar-refractivity contribution in [1.82, 2.24) is 0 Å². The lowest BCUT2D eigenvalue weighted by Gasteiger charge is -2.12. The summed E-state index contributed by atoms with van der Waals surface area (Å²) in [6.45, 7) is 1.38. The van der Waals surface area contributed by atoms with Gasteiger partial charge in [-0.05, 0) is 24.6 Å². The van der Waals surface area contributed by atoms with E-state index in [1.54, 1.807) is 0 Å². The number of carbonyl (C=O) groups excluding carboxylic acids is 1. The van der Waals surface area contributed by atoms with E-state index in [0.717, 1.165) is 6.07 Å². The number of rotatable bonds is 3. The summed E-state index contributed by atoms with van der Waals surface area (Å²) in [7, 11) is 0. The first-order valence-corrected chi connectivity index (χ1v) is 6.00. The highest BCUT2D eigenvalue weighted by atomic mass is 79.9. The van der Waals surface area contributed by atoms with Crippen LogP contribution in [0.15, 0.2) is 18.2 Å². The summed E-state index contributed by atoms with van der Waals surface area (Å²) in [6.07, 6.45) is -4.19. The Bertz CT molecular complexity index is 418. The van der Waals surface area contributed by atoms with Crippen LogP contribution in [0.3, 0.4) is 0 Å². The number of carbonyl (C=O) groups is 1. The molecule has 94 valence electrons. The third-order valence-electron chi connectivity index (χ3n) is 2.15. The number of halogens is 4. The lowest BCUT2D eigenvalue weighted by molar-refractivity contribution is -0.138. The zero-order valence-corrected chi connectivity index (χ0v) is 10.7. The molecule has 1 aromatic carbocycles. The molecule has 1 N–H and O–H groups in total. The zero-order valence-electron chi connectivity index (χ0n) is 9.07. The molecule has 0 saturated carbocycles. The van der Waals surface area contributed by atoms with Crippen LogP contribution in [-0.4, -0.2) is 11.2 Å². The number of anilines is 1. The summed E-state index contributed by atoms with van der Waals surface area (Å²) >= 11 is 3.08. The molecule has 0 heterocycles. The minimum absolute atomic E-state index is 0.135. The van der Waals surface area contributed by atoms with Crippen molar-refractivity contribution in [2.45, 2.75) is 19.5 Å². The Morgan fingerprint density at radius 1 is 1.41 bits per heavy atom. The van der Waals surface area contributed by atoms with Gasteiger partial charge in [0.25, 0.3) is 0 Å². The summed E-state index contributed by atoms with van der Waals surface area (Å²) < 4.78 is 37.8. The van der Waals surface area contributed by atoms with Crippen LogP contribution in [0.4, 0.5) is 18.9 Å². The number of aryl methyl sites for hydroxylation is 1. The molecular formula is C11H11BrF3NO. The van der Waals surface area contributed by atoms with Crippen molar-refractivity contribution in [2.24, 2.45) is 0 Å². The second-order valence-corrected chi connectivity index (χ2v) is 4.31. The molecule has 17 heavy (non-hydrogen) atoms. The Hall–Kier alpha value is -1.04. The smallest absolute Gasteiger partial charge is 0.326 e. The van der Waals surface area contributed by atoms with Gasteiger partial charge in [-0.15, -0.1) is 0 Å². The highest BCUT2D eigenvalue weighted by Gasteiger charge is 2.32. The summed E-state index contributed by atoms with van der Waals surface area (Å²) in [6, 6.07) is 3.74. The molecule has 0 spiro atoms. The fourth-order valence-corrected chi connectivity index (χ4v) is 1.67. The monoisotopic (exact) mass is 309 g/mol. The summed E-state index contributed by atoms with van der Waals surface area (Å²) in [4.78, 5) is 11.2. The van der Waals surface area contributed by atoms with E-state index in [4.69, 9.17) is 0 Å².